The minimum absolute atomic E-state index is 0.0659. The number of likely N-dealkylation sites (tertiary alicyclic amines) is 1. The van der Waals surface area contributed by atoms with Gasteiger partial charge in [0.2, 0.25) is 11.7 Å². The molecular formula is C16H21N3O3S. The molecule has 1 atom stereocenters. The van der Waals surface area contributed by atoms with Crippen LogP contribution < -0.4 is 0 Å². The Morgan fingerprint density at radius 1 is 1.48 bits per heavy atom. The van der Waals surface area contributed by atoms with Crippen molar-refractivity contribution in [3.05, 3.63) is 22.7 Å². The Morgan fingerprint density at radius 2 is 2.30 bits per heavy atom. The van der Waals surface area contributed by atoms with Crippen LogP contribution in [-0.2, 0) is 4.74 Å². The van der Waals surface area contributed by atoms with E-state index in [1.54, 1.807) is 16.2 Å². The van der Waals surface area contributed by atoms with Crippen molar-refractivity contribution in [2.45, 2.75) is 45.1 Å². The normalized spacial score (nSPS) is 18.9. The SMILES string of the molecule is CC(C)(C)OC(=O)N1CCC[C@H](c2nc(-c3ccsc3)no2)C1. The Kier molecular flexibility index (Phi) is 4.39. The lowest BCUT2D eigenvalue weighted by Gasteiger charge is -2.32. The molecule has 2 aromatic heterocycles. The molecule has 0 aromatic carbocycles. The van der Waals surface area contributed by atoms with Crippen LogP contribution in [0.25, 0.3) is 11.4 Å². The molecule has 7 heteroatoms. The second-order valence-corrected chi connectivity index (χ2v) is 7.51. The zero-order valence-corrected chi connectivity index (χ0v) is 14.4. The van der Waals surface area contributed by atoms with Crippen molar-refractivity contribution in [3.63, 3.8) is 0 Å². The van der Waals surface area contributed by atoms with Gasteiger partial charge in [0.15, 0.2) is 0 Å². The van der Waals surface area contributed by atoms with Gasteiger partial charge in [0.05, 0.1) is 5.92 Å². The van der Waals surface area contributed by atoms with Gasteiger partial charge in [-0.3, -0.25) is 0 Å². The van der Waals surface area contributed by atoms with E-state index in [4.69, 9.17) is 9.26 Å². The first-order valence-electron chi connectivity index (χ1n) is 7.76. The van der Waals surface area contributed by atoms with Gasteiger partial charge in [-0.2, -0.15) is 16.3 Å². The zero-order valence-electron chi connectivity index (χ0n) is 13.6. The summed E-state index contributed by atoms with van der Waals surface area (Å²) in [6, 6.07) is 1.97. The van der Waals surface area contributed by atoms with Crippen LogP contribution in [0.15, 0.2) is 21.3 Å². The molecule has 0 bridgehead atoms. The molecule has 0 N–H and O–H groups in total. The molecule has 1 aliphatic rings. The van der Waals surface area contributed by atoms with Gasteiger partial charge >= 0.3 is 6.09 Å². The van der Waals surface area contributed by atoms with Crippen molar-refractivity contribution in [3.8, 4) is 11.4 Å². The van der Waals surface area contributed by atoms with Gasteiger partial charge in [0.1, 0.15) is 5.60 Å². The number of aromatic nitrogens is 2. The standard InChI is InChI=1S/C16H21N3O3S/c1-16(2,3)21-15(20)19-7-4-5-11(9-19)14-17-13(18-22-14)12-6-8-23-10-12/h6,8,10-11H,4-5,7,9H2,1-3H3/t11-/m0/s1. The van der Waals surface area contributed by atoms with E-state index < -0.39 is 5.60 Å². The van der Waals surface area contributed by atoms with Gasteiger partial charge < -0.3 is 14.2 Å². The molecular weight excluding hydrogens is 314 g/mol. The molecule has 0 unspecified atom stereocenters. The molecule has 1 aliphatic heterocycles. The van der Waals surface area contributed by atoms with Crippen molar-refractivity contribution in [1.29, 1.82) is 0 Å². The van der Waals surface area contributed by atoms with Gasteiger partial charge in [-0.1, -0.05) is 5.16 Å². The summed E-state index contributed by atoms with van der Waals surface area (Å²) in [6.07, 6.45) is 1.56. The Morgan fingerprint density at radius 3 is 3.00 bits per heavy atom. The lowest BCUT2D eigenvalue weighted by molar-refractivity contribution is 0.0189. The van der Waals surface area contributed by atoms with Crippen LogP contribution in [0.5, 0.6) is 0 Å². The van der Waals surface area contributed by atoms with E-state index in [1.807, 2.05) is 37.6 Å². The first-order valence-corrected chi connectivity index (χ1v) is 8.71. The first kappa shape index (κ1) is 16.0. The highest BCUT2D eigenvalue weighted by Gasteiger charge is 2.31. The molecule has 3 rings (SSSR count). The van der Waals surface area contributed by atoms with Crippen LogP contribution in [0.2, 0.25) is 0 Å². The molecule has 124 valence electrons. The molecule has 0 aliphatic carbocycles. The Bertz CT molecular complexity index is 660. The van der Waals surface area contributed by atoms with E-state index in [2.05, 4.69) is 10.1 Å². The van der Waals surface area contributed by atoms with E-state index in [0.29, 0.717) is 24.8 Å². The predicted molar refractivity (Wildman–Crippen MR) is 87.4 cm³/mol. The molecule has 1 saturated heterocycles. The van der Waals surface area contributed by atoms with E-state index in [0.717, 1.165) is 18.4 Å². The van der Waals surface area contributed by atoms with E-state index in [1.165, 1.54) is 0 Å². The quantitative estimate of drug-likeness (QED) is 0.832. The van der Waals surface area contributed by atoms with Crippen LogP contribution in [0.4, 0.5) is 4.79 Å². The van der Waals surface area contributed by atoms with Gasteiger partial charge in [-0.05, 0) is 45.1 Å². The average molecular weight is 335 g/mol. The predicted octanol–water partition coefficient (Wildman–Crippen LogP) is 3.91. The molecule has 0 spiro atoms. The monoisotopic (exact) mass is 335 g/mol. The Labute approximate surface area is 139 Å². The van der Waals surface area contributed by atoms with E-state index >= 15 is 0 Å². The summed E-state index contributed by atoms with van der Waals surface area (Å²) in [4.78, 5) is 18.4. The van der Waals surface area contributed by atoms with Crippen molar-refractivity contribution in [1.82, 2.24) is 15.0 Å². The van der Waals surface area contributed by atoms with Gasteiger partial charge in [0, 0.05) is 24.0 Å². The lowest BCUT2D eigenvalue weighted by Crippen LogP contribution is -2.42. The minimum Gasteiger partial charge on any atom is -0.444 e. The number of rotatable bonds is 2. The van der Waals surface area contributed by atoms with Crippen molar-refractivity contribution in [2.75, 3.05) is 13.1 Å². The summed E-state index contributed by atoms with van der Waals surface area (Å²) >= 11 is 1.60. The summed E-state index contributed by atoms with van der Waals surface area (Å²) in [5, 5.41) is 8.02. The van der Waals surface area contributed by atoms with Crippen LogP contribution in [0, 0.1) is 0 Å². The van der Waals surface area contributed by atoms with Crippen LogP contribution in [-0.4, -0.2) is 39.8 Å². The third-order valence-corrected chi connectivity index (χ3v) is 4.33. The largest absolute Gasteiger partial charge is 0.444 e. The molecule has 23 heavy (non-hydrogen) atoms. The van der Waals surface area contributed by atoms with Crippen LogP contribution in [0.3, 0.4) is 0 Å². The highest BCUT2D eigenvalue weighted by molar-refractivity contribution is 7.08. The maximum atomic E-state index is 12.2. The molecule has 2 aromatic rings. The summed E-state index contributed by atoms with van der Waals surface area (Å²) in [6.45, 7) is 6.88. The molecule has 0 saturated carbocycles. The Hall–Kier alpha value is -1.89. The molecule has 1 amide bonds. The second kappa shape index (κ2) is 6.31. The first-order chi connectivity index (χ1) is 10.9. The number of carbonyl (C=O) groups excluding carboxylic acids is 1. The second-order valence-electron chi connectivity index (χ2n) is 6.73. The fourth-order valence-electron chi connectivity index (χ4n) is 2.58. The summed E-state index contributed by atoms with van der Waals surface area (Å²) in [7, 11) is 0. The van der Waals surface area contributed by atoms with Crippen LogP contribution >= 0.6 is 11.3 Å². The smallest absolute Gasteiger partial charge is 0.410 e. The Balaban J connectivity index is 1.68. The van der Waals surface area contributed by atoms with E-state index in [9.17, 15) is 4.79 Å². The average Bonchev–Trinajstić information content (AvgIpc) is 3.17. The zero-order chi connectivity index (χ0) is 16.4. The molecule has 3 heterocycles. The topological polar surface area (TPSA) is 68.5 Å². The fraction of sp³-hybridized carbons (Fsp3) is 0.562. The number of nitrogens with zero attached hydrogens (tertiary/aromatic N) is 3. The molecule has 0 radical (unpaired) electrons. The highest BCUT2D eigenvalue weighted by atomic mass is 32.1. The number of thiophene rings is 1. The fourth-order valence-corrected chi connectivity index (χ4v) is 3.22. The number of carbonyl (C=O) groups is 1. The number of amides is 1. The van der Waals surface area contributed by atoms with Crippen molar-refractivity contribution >= 4 is 17.4 Å². The molecule has 1 fully saturated rings. The summed E-state index contributed by atoms with van der Waals surface area (Å²) in [5.41, 5.74) is 0.477. The van der Waals surface area contributed by atoms with Gasteiger partial charge in [0.25, 0.3) is 0 Å². The third-order valence-electron chi connectivity index (χ3n) is 3.64. The maximum absolute atomic E-state index is 12.2. The van der Waals surface area contributed by atoms with Crippen molar-refractivity contribution < 1.29 is 14.1 Å². The summed E-state index contributed by atoms with van der Waals surface area (Å²) < 4.78 is 10.9. The van der Waals surface area contributed by atoms with Crippen molar-refractivity contribution in [2.24, 2.45) is 0 Å². The van der Waals surface area contributed by atoms with Crippen LogP contribution in [0.1, 0.15) is 45.4 Å². The number of ether oxygens (including phenoxy) is 1. The number of hydrogen-bond acceptors (Lipinski definition) is 6. The van der Waals surface area contributed by atoms with E-state index in [-0.39, 0.29) is 12.0 Å². The third kappa shape index (κ3) is 3.90. The number of hydrogen-bond donors (Lipinski definition) is 0. The lowest BCUT2D eigenvalue weighted by atomic mass is 9.98. The maximum Gasteiger partial charge on any atom is 0.410 e. The van der Waals surface area contributed by atoms with Gasteiger partial charge in [-0.25, -0.2) is 4.79 Å². The van der Waals surface area contributed by atoms with Gasteiger partial charge in [-0.15, -0.1) is 0 Å². The molecule has 6 nitrogen and oxygen atoms in total. The summed E-state index contributed by atoms with van der Waals surface area (Å²) in [5.74, 6) is 1.27. The highest BCUT2D eigenvalue weighted by Crippen LogP contribution is 2.28. The minimum atomic E-state index is -0.485. The number of piperidine rings is 1.